The van der Waals surface area contributed by atoms with Crippen LogP contribution in [0.2, 0.25) is 0 Å². The van der Waals surface area contributed by atoms with Crippen molar-refractivity contribution in [1.82, 2.24) is 5.09 Å². The molecule has 0 aliphatic carbocycles. The topological polar surface area (TPSA) is 50.7 Å². The SMILES string of the molecule is [B][C@@H]1O[C@H](COCC)C(NP(O)(=S)C(C)C)C1F. The summed E-state index contributed by atoms with van der Waals surface area (Å²) in [4.78, 5) is 10.1. The Kier molecular flexibility index (Phi) is 6.22. The minimum absolute atomic E-state index is 0.135. The van der Waals surface area contributed by atoms with Crippen LogP contribution in [-0.4, -0.2) is 55.9 Å². The highest BCUT2D eigenvalue weighted by atomic mass is 32.4. The molecule has 104 valence electrons. The van der Waals surface area contributed by atoms with Gasteiger partial charge in [-0.15, -0.1) is 0 Å². The Labute approximate surface area is 114 Å². The van der Waals surface area contributed by atoms with Gasteiger partial charge in [-0.25, -0.2) is 4.39 Å². The van der Waals surface area contributed by atoms with Crippen LogP contribution in [0.1, 0.15) is 20.8 Å². The van der Waals surface area contributed by atoms with Gasteiger partial charge in [0.25, 0.3) is 0 Å². The third kappa shape index (κ3) is 3.99. The Bertz CT molecular complexity index is 323. The first-order chi connectivity index (χ1) is 8.29. The second kappa shape index (κ2) is 6.77. The highest BCUT2D eigenvalue weighted by Crippen LogP contribution is 2.44. The molecule has 2 N–H and O–H groups in total. The molecule has 0 amide bonds. The van der Waals surface area contributed by atoms with Gasteiger partial charge in [0.1, 0.15) is 20.4 Å². The molecule has 3 unspecified atom stereocenters. The highest BCUT2D eigenvalue weighted by Gasteiger charge is 2.44. The van der Waals surface area contributed by atoms with Crippen LogP contribution in [0, 0.1) is 0 Å². The van der Waals surface area contributed by atoms with Crippen molar-refractivity contribution >= 4 is 26.1 Å². The number of ether oxygens (including phenoxy) is 2. The van der Waals surface area contributed by atoms with Gasteiger partial charge in [0, 0.05) is 18.3 Å². The predicted molar refractivity (Wildman–Crippen MR) is 74.4 cm³/mol. The lowest BCUT2D eigenvalue weighted by Crippen LogP contribution is -2.44. The van der Waals surface area contributed by atoms with Crippen LogP contribution in [0.3, 0.4) is 0 Å². The summed E-state index contributed by atoms with van der Waals surface area (Å²) in [5.74, 6) is 0. The van der Waals surface area contributed by atoms with Crippen LogP contribution in [-0.2, 0) is 21.3 Å². The highest BCUT2D eigenvalue weighted by molar-refractivity contribution is 8.11. The van der Waals surface area contributed by atoms with Crippen LogP contribution in [0.25, 0.3) is 0 Å². The molecule has 0 bridgehead atoms. The Morgan fingerprint density at radius 3 is 2.72 bits per heavy atom. The molecule has 0 saturated carbocycles. The van der Waals surface area contributed by atoms with E-state index in [4.69, 9.17) is 29.1 Å². The third-order valence-corrected chi connectivity index (χ3v) is 6.56. The molecule has 1 rings (SSSR count). The molecule has 1 heterocycles. The van der Waals surface area contributed by atoms with Crippen molar-refractivity contribution in [2.75, 3.05) is 13.2 Å². The van der Waals surface area contributed by atoms with E-state index in [1.54, 1.807) is 13.8 Å². The zero-order valence-electron chi connectivity index (χ0n) is 10.9. The predicted octanol–water partition coefficient (Wildman–Crippen LogP) is 0.923. The smallest absolute Gasteiger partial charge is 0.136 e. The Morgan fingerprint density at radius 1 is 1.61 bits per heavy atom. The Balaban J connectivity index is 2.72. The maximum Gasteiger partial charge on any atom is 0.136 e. The molecule has 1 aliphatic rings. The van der Waals surface area contributed by atoms with E-state index >= 15 is 0 Å². The van der Waals surface area contributed by atoms with E-state index in [0.717, 1.165) is 0 Å². The molecule has 5 atom stereocenters. The molecule has 0 aromatic rings. The second-order valence-corrected chi connectivity index (χ2v) is 8.82. The lowest BCUT2D eigenvalue weighted by Gasteiger charge is -2.28. The first-order valence-electron chi connectivity index (χ1n) is 6.02. The minimum Gasteiger partial charge on any atom is -0.379 e. The molecule has 8 heteroatoms. The summed E-state index contributed by atoms with van der Waals surface area (Å²) < 4.78 is 24.5. The summed E-state index contributed by atoms with van der Waals surface area (Å²) in [5, 5.41) is 2.82. The molecule has 0 spiro atoms. The van der Waals surface area contributed by atoms with Gasteiger partial charge in [-0.1, -0.05) is 25.7 Å². The number of hydrogen-bond donors (Lipinski definition) is 2. The molecular weight excluding hydrogens is 275 g/mol. The zero-order valence-corrected chi connectivity index (χ0v) is 12.6. The van der Waals surface area contributed by atoms with Crippen molar-refractivity contribution in [3.63, 3.8) is 0 Å². The monoisotopic (exact) mass is 295 g/mol. The van der Waals surface area contributed by atoms with E-state index in [0.29, 0.717) is 6.61 Å². The molecule has 2 radical (unpaired) electrons. The number of halogens is 1. The standard InChI is InChI=1S/C10H20BFNO3PS/c1-4-15-5-7-9(8(12)10(11)16-7)13-17(14,18)6(2)3/h6-10H,4-5H2,1-3H3,(H2,13,14,18)/t7-,8?,9?,10-,17?/m1/s1. The summed E-state index contributed by atoms with van der Waals surface area (Å²) in [5.41, 5.74) is -0.135. The number of nitrogens with one attached hydrogen (secondary N) is 1. The lowest BCUT2D eigenvalue weighted by atomic mass is 9.93. The van der Waals surface area contributed by atoms with E-state index in [9.17, 15) is 9.28 Å². The fraction of sp³-hybridized carbons (Fsp3) is 1.00. The van der Waals surface area contributed by atoms with Crippen molar-refractivity contribution in [2.45, 2.75) is 50.8 Å². The van der Waals surface area contributed by atoms with Gasteiger partial charge in [0.05, 0.1) is 18.8 Å². The maximum absolute atomic E-state index is 13.9. The average Bonchev–Trinajstić information content (AvgIpc) is 2.53. The Morgan fingerprint density at radius 2 is 2.22 bits per heavy atom. The maximum atomic E-state index is 13.9. The zero-order chi connectivity index (χ0) is 13.9. The first kappa shape index (κ1) is 16.5. The van der Waals surface area contributed by atoms with Gasteiger partial charge in [0.15, 0.2) is 0 Å². The number of rotatable bonds is 6. The van der Waals surface area contributed by atoms with Crippen LogP contribution >= 0.6 is 6.42 Å². The van der Waals surface area contributed by atoms with E-state index < -0.39 is 30.7 Å². The van der Waals surface area contributed by atoms with E-state index in [2.05, 4.69) is 5.09 Å². The summed E-state index contributed by atoms with van der Waals surface area (Å²) in [6.07, 6.45) is -4.72. The van der Waals surface area contributed by atoms with Crippen LogP contribution in [0.5, 0.6) is 0 Å². The molecule has 0 aromatic carbocycles. The van der Waals surface area contributed by atoms with Crippen molar-refractivity contribution < 1.29 is 18.8 Å². The lowest BCUT2D eigenvalue weighted by molar-refractivity contribution is 0.00320. The summed E-state index contributed by atoms with van der Waals surface area (Å²) in [7, 11) is 5.53. The molecular formula is C10H20BFNO3PS. The van der Waals surface area contributed by atoms with Crippen LogP contribution in [0.15, 0.2) is 0 Å². The number of alkyl halides is 1. The minimum atomic E-state index is -2.79. The quantitative estimate of drug-likeness (QED) is 0.564. The summed E-state index contributed by atoms with van der Waals surface area (Å²) in [6, 6.07) is -1.72. The van der Waals surface area contributed by atoms with Crippen molar-refractivity contribution in [3.8, 4) is 0 Å². The van der Waals surface area contributed by atoms with Crippen LogP contribution in [0.4, 0.5) is 4.39 Å². The molecule has 1 aliphatic heterocycles. The largest absolute Gasteiger partial charge is 0.379 e. The van der Waals surface area contributed by atoms with Gasteiger partial charge in [0.2, 0.25) is 0 Å². The van der Waals surface area contributed by atoms with Crippen LogP contribution < -0.4 is 5.09 Å². The van der Waals surface area contributed by atoms with E-state index in [-0.39, 0.29) is 12.3 Å². The summed E-state index contributed by atoms with van der Waals surface area (Å²) in [6.45, 7) is 6.18. The van der Waals surface area contributed by atoms with Gasteiger partial charge in [-0.3, -0.25) is 5.09 Å². The molecule has 1 saturated heterocycles. The van der Waals surface area contributed by atoms with Crippen molar-refractivity contribution in [2.24, 2.45) is 0 Å². The fourth-order valence-corrected chi connectivity index (χ4v) is 3.06. The number of hydrogen-bond acceptors (Lipinski definition) is 3. The molecule has 18 heavy (non-hydrogen) atoms. The van der Waals surface area contributed by atoms with Crippen molar-refractivity contribution in [1.29, 1.82) is 0 Å². The summed E-state index contributed by atoms with van der Waals surface area (Å²) >= 11 is 5.11. The molecule has 4 nitrogen and oxygen atoms in total. The van der Waals surface area contributed by atoms with Gasteiger partial charge in [-0.2, -0.15) is 0 Å². The van der Waals surface area contributed by atoms with Gasteiger partial charge in [-0.05, 0) is 6.92 Å². The normalized spacial score (nSPS) is 35.9. The second-order valence-electron chi connectivity index (χ2n) is 4.61. The van der Waals surface area contributed by atoms with E-state index in [1.807, 2.05) is 6.92 Å². The van der Waals surface area contributed by atoms with Crippen molar-refractivity contribution in [3.05, 3.63) is 0 Å². The molecule has 0 aromatic heterocycles. The molecule has 1 fully saturated rings. The Hall–Kier alpha value is 0.485. The van der Waals surface area contributed by atoms with E-state index in [1.165, 1.54) is 0 Å². The van der Waals surface area contributed by atoms with Gasteiger partial charge < -0.3 is 14.4 Å². The third-order valence-electron chi connectivity index (χ3n) is 2.91. The first-order valence-corrected chi connectivity index (χ1v) is 8.85. The van der Waals surface area contributed by atoms with Gasteiger partial charge >= 0.3 is 0 Å². The average molecular weight is 295 g/mol. The fourth-order valence-electron chi connectivity index (χ4n) is 1.66.